The van der Waals surface area contributed by atoms with E-state index in [0.29, 0.717) is 6.54 Å². The SMILES string of the molecule is CCNC(=NCC(O)c1ccc(C)cc1)N1CC(C)(C)C1(C)C. The van der Waals surface area contributed by atoms with Gasteiger partial charge in [-0.25, -0.2) is 0 Å². The van der Waals surface area contributed by atoms with E-state index >= 15 is 0 Å². The Morgan fingerprint density at radius 3 is 2.35 bits per heavy atom. The first kappa shape index (κ1) is 17.8. The number of rotatable bonds is 4. The van der Waals surface area contributed by atoms with Crippen molar-refractivity contribution in [2.75, 3.05) is 19.6 Å². The zero-order chi connectivity index (χ0) is 17.3. The summed E-state index contributed by atoms with van der Waals surface area (Å²) in [5.41, 5.74) is 2.43. The van der Waals surface area contributed by atoms with Crippen molar-refractivity contribution in [3.63, 3.8) is 0 Å². The second-order valence-electron chi connectivity index (χ2n) is 7.65. The van der Waals surface area contributed by atoms with Crippen LogP contribution in [0.1, 0.15) is 51.8 Å². The molecule has 2 N–H and O–H groups in total. The molecule has 1 atom stereocenters. The first-order valence-electron chi connectivity index (χ1n) is 8.49. The van der Waals surface area contributed by atoms with Crippen molar-refractivity contribution >= 4 is 5.96 Å². The summed E-state index contributed by atoms with van der Waals surface area (Å²) in [6.07, 6.45) is -0.568. The fourth-order valence-corrected chi connectivity index (χ4v) is 2.86. The summed E-state index contributed by atoms with van der Waals surface area (Å²) in [5, 5.41) is 13.7. The van der Waals surface area contributed by atoms with Crippen LogP contribution in [0.4, 0.5) is 0 Å². The lowest BCUT2D eigenvalue weighted by molar-refractivity contribution is -0.0668. The monoisotopic (exact) mass is 317 g/mol. The zero-order valence-corrected chi connectivity index (χ0v) is 15.3. The molecule has 128 valence electrons. The Hall–Kier alpha value is -1.55. The normalized spacial score (nSPS) is 20.8. The number of hydrogen-bond donors (Lipinski definition) is 2. The predicted molar refractivity (Wildman–Crippen MR) is 96.7 cm³/mol. The third-order valence-corrected chi connectivity index (χ3v) is 5.35. The average Bonchev–Trinajstić information content (AvgIpc) is 2.49. The van der Waals surface area contributed by atoms with Crippen LogP contribution in [-0.4, -0.2) is 41.1 Å². The average molecular weight is 317 g/mol. The highest BCUT2D eigenvalue weighted by molar-refractivity contribution is 5.82. The van der Waals surface area contributed by atoms with Crippen molar-refractivity contribution in [2.24, 2.45) is 10.4 Å². The van der Waals surface area contributed by atoms with Crippen molar-refractivity contribution in [1.82, 2.24) is 10.2 Å². The zero-order valence-electron chi connectivity index (χ0n) is 15.3. The lowest BCUT2D eigenvalue weighted by Gasteiger charge is -2.62. The summed E-state index contributed by atoms with van der Waals surface area (Å²) in [4.78, 5) is 6.98. The van der Waals surface area contributed by atoms with Crippen molar-refractivity contribution in [3.05, 3.63) is 35.4 Å². The van der Waals surface area contributed by atoms with E-state index in [1.54, 1.807) is 0 Å². The number of benzene rings is 1. The molecule has 0 amide bonds. The van der Waals surface area contributed by atoms with Gasteiger partial charge in [-0.15, -0.1) is 0 Å². The molecular formula is C19H31N3O. The molecular weight excluding hydrogens is 286 g/mol. The molecule has 0 saturated carbocycles. The van der Waals surface area contributed by atoms with Crippen molar-refractivity contribution in [3.8, 4) is 0 Å². The number of aliphatic hydroxyl groups is 1. The van der Waals surface area contributed by atoms with Crippen LogP contribution in [0.15, 0.2) is 29.3 Å². The van der Waals surface area contributed by atoms with Gasteiger partial charge in [-0.1, -0.05) is 43.7 Å². The van der Waals surface area contributed by atoms with Crippen LogP contribution in [-0.2, 0) is 0 Å². The molecule has 1 aromatic rings. The number of aliphatic imine (C=N–C) groups is 1. The Balaban J connectivity index is 2.09. The van der Waals surface area contributed by atoms with Gasteiger partial charge in [0.15, 0.2) is 5.96 Å². The van der Waals surface area contributed by atoms with Crippen LogP contribution in [0, 0.1) is 12.3 Å². The molecule has 0 aliphatic carbocycles. The van der Waals surface area contributed by atoms with E-state index in [2.05, 4.69) is 49.8 Å². The van der Waals surface area contributed by atoms with Gasteiger partial charge >= 0.3 is 0 Å². The fourth-order valence-electron chi connectivity index (χ4n) is 2.86. The second-order valence-corrected chi connectivity index (χ2v) is 7.65. The molecule has 4 nitrogen and oxygen atoms in total. The second kappa shape index (κ2) is 6.52. The molecule has 0 bridgehead atoms. The Morgan fingerprint density at radius 1 is 1.26 bits per heavy atom. The van der Waals surface area contributed by atoms with Gasteiger partial charge in [0.05, 0.1) is 12.6 Å². The van der Waals surface area contributed by atoms with Crippen molar-refractivity contribution in [1.29, 1.82) is 0 Å². The summed E-state index contributed by atoms with van der Waals surface area (Å²) >= 11 is 0. The van der Waals surface area contributed by atoms with Gasteiger partial charge in [0.1, 0.15) is 0 Å². The molecule has 23 heavy (non-hydrogen) atoms. The molecule has 1 aliphatic rings. The van der Waals surface area contributed by atoms with Crippen molar-refractivity contribution < 1.29 is 5.11 Å². The van der Waals surface area contributed by atoms with Gasteiger partial charge in [-0.05, 0) is 33.3 Å². The molecule has 4 heteroatoms. The molecule has 1 fully saturated rings. The highest BCUT2D eigenvalue weighted by Gasteiger charge is 2.53. The van der Waals surface area contributed by atoms with E-state index in [0.717, 1.165) is 24.6 Å². The molecule has 1 saturated heterocycles. The van der Waals surface area contributed by atoms with E-state index in [1.807, 2.05) is 31.2 Å². The third kappa shape index (κ3) is 3.52. The Bertz CT molecular complexity index is 560. The third-order valence-electron chi connectivity index (χ3n) is 5.35. The fraction of sp³-hybridized carbons (Fsp3) is 0.632. The lowest BCUT2D eigenvalue weighted by Crippen LogP contribution is -2.72. The van der Waals surface area contributed by atoms with Crippen LogP contribution in [0.3, 0.4) is 0 Å². The summed E-state index contributed by atoms with van der Waals surface area (Å²) in [6.45, 7) is 15.4. The predicted octanol–water partition coefficient (Wildman–Crippen LogP) is 3.11. The number of likely N-dealkylation sites (tertiary alicyclic amines) is 1. The van der Waals surface area contributed by atoms with Gasteiger partial charge in [-0.3, -0.25) is 4.99 Å². The van der Waals surface area contributed by atoms with E-state index in [4.69, 9.17) is 0 Å². The highest BCUT2D eigenvalue weighted by Crippen LogP contribution is 2.46. The number of guanidine groups is 1. The van der Waals surface area contributed by atoms with Crippen LogP contribution in [0.2, 0.25) is 0 Å². The minimum Gasteiger partial charge on any atom is -0.386 e. The maximum atomic E-state index is 10.4. The van der Waals surface area contributed by atoms with Crippen LogP contribution >= 0.6 is 0 Å². The van der Waals surface area contributed by atoms with Crippen molar-refractivity contribution in [2.45, 2.75) is 53.2 Å². The van der Waals surface area contributed by atoms with Crippen LogP contribution < -0.4 is 5.32 Å². The maximum Gasteiger partial charge on any atom is 0.194 e. The molecule has 0 aromatic heterocycles. The summed E-state index contributed by atoms with van der Waals surface area (Å²) in [5.74, 6) is 0.892. The quantitative estimate of drug-likeness (QED) is 0.662. The minimum absolute atomic E-state index is 0.0583. The summed E-state index contributed by atoms with van der Waals surface area (Å²) in [7, 11) is 0. The minimum atomic E-state index is -0.568. The first-order chi connectivity index (χ1) is 10.7. The number of nitrogens with zero attached hydrogens (tertiary/aromatic N) is 2. The van der Waals surface area contributed by atoms with E-state index in [9.17, 15) is 5.11 Å². The van der Waals surface area contributed by atoms with Gasteiger partial charge in [0.25, 0.3) is 0 Å². The molecule has 1 heterocycles. The molecule has 0 radical (unpaired) electrons. The van der Waals surface area contributed by atoms with Gasteiger partial charge in [-0.2, -0.15) is 0 Å². The van der Waals surface area contributed by atoms with Gasteiger partial charge in [0, 0.05) is 24.0 Å². The van der Waals surface area contributed by atoms with Crippen LogP contribution in [0.5, 0.6) is 0 Å². The van der Waals surface area contributed by atoms with E-state index in [-0.39, 0.29) is 11.0 Å². The molecule has 1 aromatic carbocycles. The summed E-state index contributed by atoms with van der Waals surface area (Å²) < 4.78 is 0. The number of aryl methyl sites for hydroxylation is 1. The largest absolute Gasteiger partial charge is 0.386 e. The standard InChI is InChI=1S/C19H31N3O/c1-7-20-17(22-13-18(3,4)19(22,5)6)21-12-16(23)15-10-8-14(2)9-11-15/h8-11,16,23H,7,12-13H2,1-6H3,(H,20,21). The van der Waals surface area contributed by atoms with Gasteiger partial charge < -0.3 is 15.3 Å². The molecule has 1 unspecified atom stereocenters. The van der Waals surface area contributed by atoms with E-state index in [1.165, 1.54) is 5.56 Å². The molecule has 1 aliphatic heterocycles. The highest BCUT2D eigenvalue weighted by atomic mass is 16.3. The Kier molecular flexibility index (Phi) is 5.04. The number of aliphatic hydroxyl groups excluding tert-OH is 1. The molecule has 0 spiro atoms. The lowest BCUT2D eigenvalue weighted by atomic mass is 9.65. The van der Waals surface area contributed by atoms with Crippen LogP contribution in [0.25, 0.3) is 0 Å². The Labute approximate surface area is 140 Å². The topological polar surface area (TPSA) is 47.9 Å². The number of hydrogen-bond acceptors (Lipinski definition) is 2. The first-order valence-corrected chi connectivity index (χ1v) is 8.49. The molecule has 2 rings (SSSR count). The van der Waals surface area contributed by atoms with Gasteiger partial charge in [0.2, 0.25) is 0 Å². The number of nitrogens with one attached hydrogen (secondary N) is 1. The smallest absolute Gasteiger partial charge is 0.194 e. The Morgan fingerprint density at radius 2 is 1.87 bits per heavy atom. The van der Waals surface area contributed by atoms with E-state index < -0.39 is 6.10 Å². The summed E-state index contributed by atoms with van der Waals surface area (Å²) in [6, 6.07) is 7.99. The maximum absolute atomic E-state index is 10.4.